The van der Waals surface area contributed by atoms with Crippen molar-refractivity contribution >= 4 is 14.3 Å². The van der Waals surface area contributed by atoms with Gasteiger partial charge in [-0.2, -0.15) is 18.4 Å². The molecule has 33 heavy (non-hydrogen) atoms. The van der Waals surface area contributed by atoms with Crippen LogP contribution in [0.15, 0.2) is 21.9 Å². The van der Waals surface area contributed by atoms with E-state index in [0.29, 0.717) is 32.1 Å². The van der Waals surface area contributed by atoms with Crippen LogP contribution in [-0.4, -0.2) is 47.1 Å². The Balaban J connectivity index is 2.54. The van der Waals surface area contributed by atoms with Gasteiger partial charge in [0.15, 0.2) is 8.38 Å². The first-order valence-corrected chi connectivity index (χ1v) is 12.3. The van der Waals surface area contributed by atoms with Crippen molar-refractivity contribution in [1.82, 2.24) is 14.5 Å². The third kappa shape index (κ3) is 11.0. The van der Waals surface area contributed by atoms with Gasteiger partial charge < -0.3 is 14.4 Å². The standard InChI is InChI=1S/C20H30F3N4O5P/c1-3-16(32-33(2)31-14-8-10-24)15-26-13-9-17(28)27(19(26)30)12-7-5-4-6-11-25-18(29)20(21,22)23/h9,13,16H,3-8,11-12,14-15H2,1-2H3,(H,25,29). The van der Waals surface area contributed by atoms with Gasteiger partial charge in [0, 0.05) is 32.0 Å². The second kappa shape index (κ2) is 14.8. The largest absolute Gasteiger partial charge is 0.471 e. The summed E-state index contributed by atoms with van der Waals surface area (Å²) in [6.45, 7) is 4.28. The molecule has 0 radical (unpaired) electrons. The number of unbranched alkanes of at least 4 members (excludes halogenated alkanes) is 3. The SMILES string of the molecule is CCC(Cn1ccc(=O)n(CCCCCCNC(=O)C(F)(F)F)c1=O)OP(C)OCCC#N. The fraction of sp³-hybridized carbons (Fsp3) is 0.700. The van der Waals surface area contributed by atoms with Crippen LogP contribution in [0.2, 0.25) is 0 Å². The van der Waals surface area contributed by atoms with Gasteiger partial charge in [-0.05, 0) is 19.3 Å². The van der Waals surface area contributed by atoms with Crippen molar-refractivity contribution in [2.45, 2.75) is 70.8 Å². The number of alkyl halides is 3. The average Bonchev–Trinajstić information content (AvgIpc) is 2.75. The molecule has 0 fully saturated rings. The summed E-state index contributed by atoms with van der Waals surface area (Å²) in [5, 5.41) is 10.4. The number of hydrogen-bond donors (Lipinski definition) is 1. The number of rotatable bonds is 15. The van der Waals surface area contributed by atoms with E-state index in [1.807, 2.05) is 13.0 Å². The van der Waals surface area contributed by atoms with E-state index in [4.69, 9.17) is 14.3 Å². The molecule has 186 valence electrons. The maximum atomic E-state index is 12.7. The quantitative estimate of drug-likeness (QED) is 0.296. The van der Waals surface area contributed by atoms with E-state index in [0.717, 1.165) is 4.57 Å². The number of aromatic nitrogens is 2. The molecule has 0 aliphatic heterocycles. The summed E-state index contributed by atoms with van der Waals surface area (Å²) in [7, 11) is -1.21. The maximum Gasteiger partial charge on any atom is 0.471 e. The van der Waals surface area contributed by atoms with E-state index >= 15 is 0 Å². The number of halogens is 3. The molecule has 0 aliphatic rings. The van der Waals surface area contributed by atoms with E-state index < -0.39 is 31.7 Å². The van der Waals surface area contributed by atoms with E-state index in [2.05, 4.69) is 0 Å². The topological polar surface area (TPSA) is 115 Å². The molecule has 1 amide bonds. The van der Waals surface area contributed by atoms with Crippen LogP contribution in [0, 0.1) is 11.3 Å². The molecule has 1 N–H and O–H groups in total. The zero-order chi connectivity index (χ0) is 24.9. The Morgan fingerprint density at radius 2 is 1.97 bits per heavy atom. The zero-order valence-corrected chi connectivity index (χ0v) is 19.7. The predicted octanol–water partition coefficient (Wildman–Crippen LogP) is 2.92. The van der Waals surface area contributed by atoms with Crippen molar-refractivity contribution in [1.29, 1.82) is 5.26 Å². The molecule has 2 unspecified atom stereocenters. The van der Waals surface area contributed by atoms with Crippen LogP contribution >= 0.6 is 8.38 Å². The van der Waals surface area contributed by atoms with Gasteiger partial charge in [0.05, 0.1) is 31.7 Å². The van der Waals surface area contributed by atoms with Gasteiger partial charge in [-0.15, -0.1) is 0 Å². The molecule has 0 aliphatic carbocycles. The lowest BCUT2D eigenvalue weighted by molar-refractivity contribution is -0.173. The Morgan fingerprint density at radius 1 is 1.27 bits per heavy atom. The molecule has 0 spiro atoms. The van der Waals surface area contributed by atoms with Crippen LogP contribution in [0.1, 0.15) is 45.4 Å². The summed E-state index contributed by atoms with van der Waals surface area (Å²) in [4.78, 5) is 35.6. The van der Waals surface area contributed by atoms with Crippen molar-refractivity contribution in [3.8, 4) is 6.07 Å². The van der Waals surface area contributed by atoms with E-state index in [9.17, 15) is 27.6 Å². The Kier molecular flexibility index (Phi) is 13.0. The van der Waals surface area contributed by atoms with Gasteiger partial charge in [-0.3, -0.25) is 18.7 Å². The normalized spacial score (nSPS) is 13.3. The number of amides is 1. The molecule has 0 saturated carbocycles. The van der Waals surface area contributed by atoms with Gasteiger partial charge in [0.2, 0.25) is 0 Å². The molecule has 13 heteroatoms. The molecule has 0 saturated heterocycles. The highest BCUT2D eigenvalue weighted by atomic mass is 31.2. The smallest absolute Gasteiger partial charge is 0.348 e. The first-order valence-electron chi connectivity index (χ1n) is 10.7. The van der Waals surface area contributed by atoms with Gasteiger partial charge >= 0.3 is 17.8 Å². The van der Waals surface area contributed by atoms with Crippen LogP contribution in [-0.2, 0) is 26.9 Å². The number of nitriles is 1. The lowest BCUT2D eigenvalue weighted by Gasteiger charge is -2.21. The Bertz CT molecular complexity index is 897. The Labute approximate surface area is 191 Å². The minimum absolute atomic E-state index is 0.0883. The van der Waals surface area contributed by atoms with Gasteiger partial charge in [0.25, 0.3) is 5.56 Å². The summed E-state index contributed by atoms with van der Waals surface area (Å²) in [6.07, 6.45) is -0.905. The second-order valence-corrected chi connectivity index (χ2v) is 8.57. The summed E-state index contributed by atoms with van der Waals surface area (Å²) < 4.78 is 50.1. The third-order valence-electron chi connectivity index (χ3n) is 4.63. The Morgan fingerprint density at radius 3 is 2.61 bits per heavy atom. The molecule has 1 rings (SSSR count). The van der Waals surface area contributed by atoms with Crippen molar-refractivity contribution in [3.63, 3.8) is 0 Å². The molecular formula is C20H30F3N4O5P. The molecule has 1 heterocycles. The van der Waals surface area contributed by atoms with E-state index in [1.54, 1.807) is 12.0 Å². The fourth-order valence-electron chi connectivity index (χ4n) is 2.87. The summed E-state index contributed by atoms with van der Waals surface area (Å²) in [5.74, 6) is -1.96. The van der Waals surface area contributed by atoms with E-state index in [1.165, 1.54) is 16.8 Å². The summed E-state index contributed by atoms with van der Waals surface area (Å²) >= 11 is 0. The highest BCUT2D eigenvalue weighted by Crippen LogP contribution is 2.36. The van der Waals surface area contributed by atoms with Crippen LogP contribution in [0.25, 0.3) is 0 Å². The molecule has 1 aromatic rings. The lowest BCUT2D eigenvalue weighted by Crippen LogP contribution is -2.40. The summed E-state index contributed by atoms with van der Waals surface area (Å²) in [6, 6.07) is 3.29. The monoisotopic (exact) mass is 494 g/mol. The zero-order valence-electron chi connectivity index (χ0n) is 18.8. The first-order chi connectivity index (χ1) is 15.6. The van der Waals surface area contributed by atoms with Gasteiger partial charge in [0.1, 0.15) is 0 Å². The van der Waals surface area contributed by atoms with Crippen molar-refractivity contribution in [2.24, 2.45) is 0 Å². The number of nitrogens with one attached hydrogen (secondary N) is 1. The first kappa shape index (κ1) is 28.8. The number of nitrogens with zero attached hydrogens (tertiary/aromatic N) is 3. The molecule has 0 aromatic carbocycles. The second-order valence-electron chi connectivity index (χ2n) is 7.23. The molecule has 0 bridgehead atoms. The van der Waals surface area contributed by atoms with Gasteiger partial charge in [-0.25, -0.2) is 4.79 Å². The fourth-order valence-corrected chi connectivity index (χ4v) is 3.91. The van der Waals surface area contributed by atoms with Crippen LogP contribution in [0.3, 0.4) is 0 Å². The predicted molar refractivity (Wildman–Crippen MR) is 117 cm³/mol. The number of carbonyl (C=O) groups excluding carboxylic acids is 1. The number of carbonyl (C=O) groups is 1. The number of hydrogen-bond acceptors (Lipinski definition) is 6. The minimum Gasteiger partial charge on any atom is -0.348 e. The lowest BCUT2D eigenvalue weighted by atomic mass is 10.2. The third-order valence-corrected chi connectivity index (χ3v) is 5.77. The van der Waals surface area contributed by atoms with Crippen LogP contribution in [0.4, 0.5) is 13.2 Å². The minimum atomic E-state index is -4.89. The van der Waals surface area contributed by atoms with Crippen molar-refractivity contribution in [2.75, 3.05) is 19.8 Å². The molecule has 2 atom stereocenters. The van der Waals surface area contributed by atoms with Crippen LogP contribution in [0.5, 0.6) is 0 Å². The molecule has 1 aromatic heterocycles. The molecular weight excluding hydrogens is 464 g/mol. The molecule has 9 nitrogen and oxygen atoms in total. The Hall–Kier alpha value is -2.22. The van der Waals surface area contributed by atoms with Crippen molar-refractivity contribution in [3.05, 3.63) is 33.1 Å². The van der Waals surface area contributed by atoms with Gasteiger partial charge in [-0.1, -0.05) is 19.8 Å². The highest BCUT2D eigenvalue weighted by molar-refractivity contribution is 7.46. The maximum absolute atomic E-state index is 12.7. The highest BCUT2D eigenvalue weighted by Gasteiger charge is 2.38. The van der Waals surface area contributed by atoms with E-state index in [-0.39, 0.29) is 38.8 Å². The summed E-state index contributed by atoms with van der Waals surface area (Å²) in [5.41, 5.74) is -0.895. The average molecular weight is 494 g/mol. The van der Waals surface area contributed by atoms with Crippen molar-refractivity contribution < 1.29 is 27.0 Å². The van der Waals surface area contributed by atoms with Crippen LogP contribution < -0.4 is 16.6 Å².